The van der Waals surface area contributed by atoms with Crippen molar-refractivity contribution >= 4 is 11.9 Å². The van der Waals surface area contributed by atoms with E-state index >= 15 is 0 Å². The molecule has 0 saturated carbocycles. The Balaban J connectivity index is 3.38. The van der Waals surface area contributed by atoms with E-state index in [4.69, 9.17) is 4.74 Å². The highest BCUT2D eigenvalue weighted by Crippen LogP contribution is 2.19. The number of hydrogen-bond donors (Lipinski definition) is 3. The van der Waals surface area contributed by atoms with Crippen molar-refractivity contribution in [1.29, 1.82) is 0 Å². The second-order valence-corrected chi connectivity index (χ2v) is 24.2. The molecule has 2 atom stereocenters. The summed E-state index contributed by atoms with van der Waals surface area (Å²) in [6.07, 6.45) is 81.4. The third-order valence-electron chi connectivity index (χ3n) is 16.6. The number of unbranched alkanes of at least 4 members (excludes halogenated alkanes) is 55. The lowest BCUT2D eigenvalue weighted by Crippen LogP contribution is -2.45. The van der Waals surface area contributed by atoms with E-state index in [1.54, 1.807) is 6.08 Å². The maximum absolute atomic E-state index is 12.5. The summed E-state index contributed by atoms with van der Waals surface area (Å²) in [5.41, 5.74) is 0. The number of aliphatic hydroxyl groups is 2. The Morgan fingerprint density at radius 3 is 0.895 bits per heavy atom. The minimum Gasteiger partial charge on any atom is -0.466 e. The maximum Gasteiger partial charge on any atom is 0.305 e. The van der Waals surface area contributed by atoms with Gasteiger partial charge in [0.1, 0.15) is 0 Å². The summed E-state index contributed by atoms with van der Waals surface area (Å²) in [4.78, 5) is 24.6. The Morgan fingerprint density at radius 2 is 0.605 bits per heavy atom. The molecule has 3 N–H and O–H groups in total. The SMILES string of the molecule is CCCCCCCCCCCCCCCCCCCC/C=C/C(O)C(CO)NC(=O)CCCCCCCCCCCCCCCCCCCCCCCCCCCOC(=O)CCCCCCCCCCCCCCCC. The number of carbonyl (C=O) groups excluding carboxylic acids is 2. The molecule has 452 valence electrons. The number of esters is 1. The Bertz CT molecular complexity index is 1140. The van der Waals surface area contributed by atoms with Crippen molar-refractivity contribution in [2.45, 2.75) is 411 Å². The van der Waals surface area contributed by atoms with E-state index in [-0.39, 0.29) is 18.5 Å². The van der Waals surface area contributed by atoms with Crippen LogP contribution >= 0.6 is 0 Å². The van der Waals surface area contributed by atoms with E-state index in [0.29, 0.717) is 19.4 Å². The van der Waals surface area contributed by atoms with Gasteiger partial charge in [-0.1, -0.05) is 366 Å². The van der Waals surface area contributed by atoms with Crippen LogP contribution in [0.4, 0.5) is 0 Å². The monoisotopic (exact) mass is 1070 g/mol. The first kappa shape index (κ1) is 74.6. The van der Waals surface area contributed by atoms with Gasteiger partial charge in [-0.15, -0.1) is 0 Å². The molecule has 0 bridgehead atoms. The van der Waals surface area contributed by atoms with E-state index in [0.717, 1.165) is 38.5 Å². The Morgan fingerprint density at radius 1 is 0.355 bits per heavy atom. The van der Waals surface area contributed by atoms with E-state index < -0.39 is 12.1 Å². The van der Waals surface area contributed by atoms with Crippen LogP contribution in [0, 0.1) is 0 Å². The summed E-state index contributed by atoms with van der Waals surface area (Å²) in [7, 11) is 0. The lowest BCUT2D eigenvalue weighted by Gasteiger charge is -2.20. The maximum atomic E-state index is 12.5. The minimum absolute atomic E-state index is 0.0192. The molecular formula is C70H137NO5. The van der Waals surface area contributed by atoms with E-state index in [2.05, 4.69) is 19.2 Å². The number of aliphatic hydroxyl groups excluding tert-OH is 2. The molecule has 0 fully saturated rings. The van der Waals surface area contributed by atoms with E-state index in [9.17, 15) is 19.8 Å². The zero-order chi connectivity index (χ0) is 55.0. The number of ether oxygens (including phenoxy) is 1. The van der Waals surface area contributed by atoms with Crippen LogP contribution in [0.25, 0.3) is 0 Å². The van der Waals surface area contributed by atoms with Crippen LogP contribution in [-0.2, 0) is 14.3 Å². The third kappa shape index (κ3) is 61.8. The molecule has 1 amide bonds. The predicted molar refractivity (Wildman–Crippen MR) is 333 cm³/mol. The van der Waals surface area contributed by atoms with Crippen molar-refractivity contribution in [1.82, 2.24) is 5.32 Å². The van der Waals surface area contributed by atoms with Crippen LogP contribution in [0.1, 0.15) is 399 Å². The van der Waals surface area contributed by atoms with Crippen molar-refractivity contribution in [3.63, 3.8) is 0 Å². The molecule has 6 nitrogen and oxygen atoms in total. The second kappa shape index (κ2) is 66.1. The van der Waals surface area contributed by atoms with Crippen LogP contribution < -0.4 is 5.32 Å². The van der Waals surface area contributed by atoms with Crippen LogP contribution in [0.2, 0.25) is 0 Å². The molecular weight excluding hydrogens is 935 g/mol. The highest BCUT2D eigenvalue weighted by atomic mass is 16.5. The van der Waals surface area contributed by atoms with Gasteiger partial charge in [0.15, 0.2) is 0 Å². The average molecular weight is 1070 g/mol. The van der Waals surface area contributed by atoms with Gasteiger partial charge in [-0.3, -0.25) is 9.59 Å². The number of nitrogens with one attached hydrogen (secondary N) is 1. The molecule has 0 rings (SSSR count). The van der Waals surface area contributed by atoms with Gasteiger partial charge in [-0.2, -0.15) is 0 Å². The molecule has 0 aromatic rings. The Labute approximate surface area is 476 Å². The summed E-state index contributed by atoms with van der Waals surface area (Å²) in [5.74, 6) is -0.0426. The molecule has 6 heteroatoms. The quantitative estimate of drug-likeness (QED) is 0.0320. The highest BCUT2D eigenvalue weighted by molar-refractivity contribution is 5.76. The smallest absolute Gasteiger partial charge is 0.305 e. The van der Waals surface area contributed by atoms with Crippen LogP contribution in [0.15, 0.2) is 12.2 Å². The van der Waals surface area contributed by atoms with Gasteiger partial charge in [0.2, 0.25) is 5.91 Å². The Kier molecular flexibility index (Phi) is 64.9. The van der Waals surface area contributed by atoms with Gasteiger partial charge in [0.25, 0.3) is 0 Å². The fraction of sp³-hybridized carbons (Fsp3) is 0.943. The van der Waals surface area contributed by atoms with Crippen molar-refractivity contribution in [3.8, 4) is 0 Å². The number of hydrogen-bond acceptors (Lipinski definition) is 5. The normalized spacial score (nSPS) is 12.5. The zero-order valence-corrected chi connectivity index (χ0v) is 51.8. The zero-order valence-electron chi connectivity index (χ0n) is 51.8. The van der Waals surface area contributed by atoms with Gasteiger partial charge in [0.05, 0.1) is 25.4 Å². The molecule has 76 heavy (non-hydrogen) atoms. The van der Waals surface area contributed by atoms with Crippen molar-refractivity contribution in [2.24, 2.45) is 0 Å². The van der Waals surface area contributed by atoms with Gasteiger partial charge in [-0.25, -0.2) is 0 Å². The number of allylic oxidation sites excluding steroid dienone is 1. The van der Waals surface area contributed by atoms with Crippen molar-refractivity contribution in [3.05, 3.63) is 12.2 Å². The predicted octanol–water partition coefficient (Wildman–Crippen LogP) is 22.4. The largest absolute Gasteiger partial charge is 0.466 e. The first-order chi connectivity index (χ1) is 37.5. The molecule has 0 aliphatic heterocycles. The highest BCUT2D eigenvalue weighted by Gasteiger charge is 2.18. The fourth-order valence-electron chi connectivity index (χ4n) is 11.2. The summed E-state index contributed by atoms with van der Waals surface area (Å²) >= 11 is 0. The molecule has 0 aromatic heterocycles. The first-order valence-corrected chi connectivity index (χ1v) is 35.0. The summed E-state index contributed by atoms with van der Waals surface area (Å²) in [5, 5.41) is 23.2. The summed E-state index contributed by atoms with van der Waals surface area (Å²) < 4.78 is 5.49. The van der Waals surface area contributed by atoms with Crippen LogP contribution in [0.5, 0.6) is 0 Å². The van der Waals surface area contributed by atoms with E-state index in [1.165, 1.54) is 334 Å². The molecule has 2 unspecified atom stereocenters. The molecule has 0 spiro atoms. The molecule has 0 aliphatic rings. The van der Waals surface area contributed by atoms with Gasteiger partial charge in [0, 0.05) is 12.8 Å². The number of amides is 1. The van der Waals surface area contributed by atoms with Crippen LogP contribution in [0.3, 0.4) is 0 Å². The van der Waals surface area contributed by atoms with Crippen LogP contribution in [-0.4, -0.2) is 47.4 Å². The lowest BCUT2D eigenvalue weighted by molar-refractivity contribution is -0.143. The van der Waals surface area contributed by atoms with Crippen molar-refractivity contribution in [2.75, 3.05) is 13.2 Å². The first-order valence-electron chi connectivity index (χ1n) is 35.0. The summed E-state index contributed by atoms with van der Waals surface area (Å²) in [6.45, 7) is 4.95. The standard InChI is InChI=1S/C70H137NO5/c1-3-5-7-9-11-13-15-17-19-20-21-29-32-35-38-42-46-50-54-58-62-68(73)67(66-72)71-69(74)63-59-55-51-47-43-39-36-33-30-27-25-23-22-24-26-28-31-34-37-41-45-49-53-57-61-65-76-70(75)64-60-56-52-48-44-40-18-16-14-12-10-8-6-4-2/h58,62,67-68,72-73H,3-57,59-61,63-66H2,1-2H3,(H,71,74)/b62-58+. The minimum atomic E-state index is -0.843. The molecule has 0 heterocycles. The second-order valence-electron chi connectivity index (χ2n) is 24.2. The number of rotatable bonds is 66. The third-order valence-corrected chi connectivity index (χ3v) is 16.6. The lowest BCUT2D eigenvalue weighted by atomic mass is 10.0. The fourth-order valence-corrected chi connectivity index (χ4v) is 11.2. The van der Waals surface area contributed by atoms with Gasteiger partial charge in [-0.05, 0) is 32.1 Å². The molecule has 0 aromatic carbocycles. The molecule has 0 radical (unpaired) electrons. The van der Waals surface area contributed by atoms with Gasteiger partial charge >= 0.3 is 5.97 Å². The van der Waals surface area contributed by atoms with E-state index in [1.807, 2.05) is 6.08 Å². The number of carbonyl (C=O) groups is 2. The molecule has 0 aliphatic carbocycles. The average Bonchev–Trinajstić information content (AvgIpc) is 3.42. The topological polar surface area (TPSA) is 95.9 Å². The molecule has 0 saturated heterocycles. The van der Waals surface area contributed by atoms with Gasteiger partial charge < -0.3 is 20.3 Å². The summed E-state index contributed by atoms with van der Waals surface area (Å²) in [6, 6.07) is -0.626. The van der Waals surface area contributed by atoms with Crippen molar-refractivity contribution < 1.29 is 24.5 Å². The Hall–Kier alpha value is -1.40.